The molecule has 0 nitrogen and oxygen atoms in total. The highest BCUT2D eigenvalue weighted by Crippen LogP contribution is 2.23. The molecule has 1 atom stereocenters. The molecular formula is C16H16BrF. The summed E-state index contributed by atoms with van der Waals surface area (Å²) in [4.78, 5) is 0. The van der Waals surface area contributed by atoms with Crippen LogP contribution in [-0.2, 0) is 6.42 Å². The highest BCUT2D eigenvalue weighted by atomic mass is 79.9. The maximum absolute atomic E-state index is 12.9. The maximum atomic E-state index is 12.9. The van der Waals surface area contributed by atoms with Crippen LogP contribution in [0.5, 0.6) is 0 Å². The Kier molecular flexibility index (Phi) is 4.54. The summed E-state index contributed by atoms with van der Waals surface area (Å²) in [6.07, 6.45) is 0.971. The van der Waals surface area contributed by atoms with E-state index in [9.17, 15) is 4.39 Å². The van der Waals surface area contributed by atoms with Crippen LogP contribution in [0.3, 0.4) is 0 Å². The Bertz CT molecular complexity index is 505. The average Bonchev–Trinajstić information content (AvgIpc) is 2.37. The van der Waals surface area contributed by atoms with E-state index in [1.165, 1.54) is 28.8 Å². The van der Waals surface area contributed by atoms with E-state index in [2.05, 4.69) is 47.1 Å². The molecule has 0 saturated carbocycles. The number of hydrogen-bond acceptors (Lipinski definition) is 0. The van der Waals surface area contributed by atoms with Crippen molar-refractivity contribution in [1.82, 2.24) is 0 Å². The highest BCUT2D eigenvalue weighted by Gasteiger charge is 2.11. The molecule has 0 aliphatic heterocycles. The van der Waals surface area contributed by atoms with Crippen molar-refractivity contribution in [1.29, 1.82) is 0 Å². The van der Waals surface area contributed by atoms with Gasteiger partial charge in [0.1, 0.15) is 5.82 Å². The lowest BCUT2D eigenvalue weighted by Gasteiger charge is -2.15. The molecule has 0 spiro atoms. The molecule has 0 heterocycles. The molecule has 2 heteroatoms. The van der Waals surface area contributed by atoms with Crippen LogP contribution in [0.1, 0.15) is 22.6 Å². The number of rotatable bonds is 4. The zero-order valence-corrected chi connectivity index (χ0v) is 12.0. The van der Waals surface area contributed by atoms with Crippen LogP contribution in [0, 0.1) is 12.7 Å². The number of aryl methyl sites for hydroxylation is 1. The van der Waals surface area contributed by atoms with Crippen LogP contribution in [-0.4, -0.2) is 5.33 Å². The van der Waals surface area contributed by atoms with Crippen LogP contribution in [0.4, 0.5) is 4.39 Å². The van der Waals surface area contributed by atoms with Gasteiger partial charge < -0.3 is 0 Å². The van der Waals surface area contributed by atoms with E-state index >= 15 is 0 Å². The van der Waals surface area contributed by atoms with E-state index in [0.29, 0.717) is 5.92 Å². The molecule has 2 rings (SSSR count). The summed E-state index contributed by atoms with van der Waals surface area (Å²) < 4.78 is 12.9. The third-order valence-corrected chi connectivity index (χ3v) is 3.87. The van der Waals surface area contributed by atoms with E-state index in [-0.39, 0.29) is 5.82 Å². The maximum Gasteiger partial charge on any atom is 0.123 e. The van der Waals surface area contributed by atoms with Crippen LogP contribution in [0.25, 0.3) is 0 Å². The largest absolute Gasteiger partial charge is 0.207 e. The predicted molar refractivity (Wildman–Crippen MR) is 77.8 cm³/mol. The van der Waals surface area contributed by atoms with Gasteiger partial charge in [-0.1, -0.05) is 57.9 Å². The van der Waals surface area contributed by atoms with Crippen LogP contribution in [0.2, 0.25) is 0 Å². The van der Waals surface area contributed by atoms with Gasteiger partial charge in [0.25, 0.3) is 0 Å². The fraction of sp³-hybridized carbons (Fsp3) is 0.250. The summed E-state index contributed by atoms with van der Waals surface area (Å²) >= 11 is 3.55. The van der Waals surface area contributed by atoms with E-state index < -0.39 is 0 Å². The van der Waals surface area contributed by atoms with Crippen molar-refractivity contribution in [2.45, 2.75) is 19.3 Å². The number of benzene rings is 2. The Hall–Kier alpha value is -1.15. The fourth-order valence-corrected chi connectivity index (χ4v) is 2.72. The van der Waals surface area contributed by atoms with Gasteiger partial charge in [-0.2, -0.15) is 0 Å². The fourth-order valence-electron chi connectivity index (χ4n) is 2.12. The van der Waals surface area contributed by atoms with Crippen molar-refractivity contribution >= 4 is 15.9 Å². The first-order valence-corrected chi connectivity index (χ1v) is 7.18. The SMILES string of the molecule is Cc1cccc(CC(CBr)c2ccc(F)cc2)c1. The molecule has 0 N–H and O–H groups in total. The van der Waals surface area contributed by atoms with Crippen LogP contribution in [0.15, 0.2) is 48.5 Å². The van der Waals surface area contributed by atoms with Crippen molar-refractivity contribution < 1.29 is 4.39 Å². The molecule has 0 aromatic heterocycles. The molecule has 0 saturated heterocycles. The highest BCUT2D eigenvalue weighted by molar-refractivity contribution is 9.09. The molecule has 0 bridgehead atoms. The first-order chi connectivity index (χ1) is 8.69. The van der Waals surface area contributed by atoms with E-state index in [4.69, 9.17) is 0 Å². The summed E-state index contributed by atoms with van der Waals surface area (Å²) in [7, 11) is 0. The second-order valence-electron chi connectivity index (χ2n) is 4.60. The Morgan fingerprint density at radius 2 is 1.83 bits per heavy atom. The zero-order chi connectivity index (χ0) is 13.0. The van der Waals surface area contributed by atoms with Gasteiger partial charge in [-0.05, 0) is 42.5 Å². The molecule has 18 heavy (non-hydrogen) atoms. The van der Waals surface area contributed by atoms with Gasteiger partial charge in [0.15, 0.2) is 0 Å². The second kappa shape index (κ2) is 6.14. The summed E-state index contributed by atoms with van der Waals surface area (Å²) in [5.74, 6) is 0.204. The summed E-state index contributed by atoms with van der Waals surface area (Å²) in [6.45, 7) is 2.10. The molecule has 0 aliphatic carbocycles. The standard InChI is InChI=1S/C16H16BrF/c1-12-3-2-4-13(9-12)10-15(11-17)14-5-7-16(18)8-6-14/h2-9,15H,10-11H2,1H3. The number of hydrogen-bond donors (Lipinski definition) is 0. The van der Waals surface area contributed by atoms with Crippen LogP contribution >= 0.6 is 15.9 Å². The molecule has 0 amide bonds. The monoisotopic (exact) mass is 306 g/mol. The van der Waals surface area contributed by atoms with Crippen molar-refractivity contribution in [2.24, 2.45) is 0 Å². The van der Waals surface area contributed by atoms with Gasteiger partial charge in [-0.3, -0.25) is 0 Å². The molecule has 0 fully saturated rings. The normalized spacial score (nSPS) is 12.4. The van der Waals surface area contributed by atoms with Crippen LogP contribution < -0.4 is 0 Å². The summed E-state index contributed by atoms with van der Waals surface area (Å²) in [5, 5.41) is 0.882. The summed E-state index contributed by atoms with van der Waals surface area (Å²) in [6, 6.07) is 15.3. The van der Waals surface area contributed by atoms with Gasteiger partial charge in [0, 0.05) is 5.33 Å². The molecule has 0 radical (unpaired) electrons. The van der Waals surface area contributed by atoms with Crippen molar-refractivity contribution in [3.8, 4) is 0 Å². The minimum absolute atomic E-state index is 0.178. The third-order valence-electron chi connectivity index (χ3n) is 3.09. The Labute approximate surface area is 116 Å². The van der Waals surface area contributed by atoms with Gasteiger partial charge in [-0.15, -0.1) is 0 Å². The first kappa shape index (κ1) is 13.3. The van der Waals surface area contributed by atoms with Crippen molar-refractivity contribution in [3.63, 3.8) is 0 Å². The molecule has 2 aromatic carbocycles. The average molecular weight is 307 g/mol. The van der Waals surface area contributed by atoms with Crippen molar-refractivity contribution in [2.75, 3.05) is 5.33 Å². The van der Waals surface area contributed by atoms with E-state index in [1.54, 1.807) is 0 Å². The lowest BCUT2D eigenvalue weighted by atomic mass is 9.93. The van der Waals surface area contributed by atoms with Crippen molar-refractivity contribution in [3.05, 3.63) is 71.0 Å². The predicted octanol–water partition coefficient (Wildman–Crippen LogP) is 4.86. The summed E-state index contributed by atoms with van der Waals surface area (Å²) in [5.41, 5.74) is 3.78. The molecule has 1 unspecified atom stereocenters. The second-order valence-corrected chi connectivity index (χ2v) is 5.24. The van der Waals surface area contributed by atoms with Gasteiger partial charge in [-0.25, -0.2) is 4.39 Å². The smallest absolute Gasteiger partial charge is 0.123 e. The van der Waals surface area contributed by atoms with Gasteiger partial charge >= 0.3 is 0 Å². The molecule has 0 aliphatic rings. The third kappa shape index (κ3) is 3.42. The quantitative estimate of drug-likeness (QED) is 0.708. The number of halogens is 2. The minimum Gasteiger partial charge on any atom is -0.207 e. The van der Waals surface area contributed by atoms with E-state index in [1.807, 2.05) is 12.1 Å². The minimum atomic E-state index is -0.178. The van der Waals surface area contributed by atoms with Gasteiger partial charge in [0.05, 0.1) is 0 Å². The van der Waals surface area contributed by atoms with Gasteiger partial charge in [0.2, 0.25) is 0 Å². The number of alkyl halides is 1. The Balaban J connectivity index is 2.17. The lowest BCUT2D eigenvalue weighted by molar-refractivity contribution is 0.625. The topological polar surface area (TPSA) is 0 Å². The van der Waals surface area contributed by atoms with E-state index in [0.717, 1.165) is 11.8 Å². The molecular weight excluding hydrogens is 291 g/mol. The lowest BCUT2D eigenvalue weighted by Crippen LogP contribution is -2.04. The molecule has 94 valence electrons. The zero-order valence-electron chi connectivity index (χ0n) is 10.4. The Morgan fingerprint density at radius 1 is 1.11 bits per heavy atom. The Morgan fingerprint density at radius 3 is 2.44 bits per heavy atom. The molecule has 2 aromatic rings. The first-order valence-electron chi connectivity index (χ1n) is 6.06.